The van der Waals surface area contributed by atoms with Crippen molar-refractivity contribution in [1.29, 1.82) is 0 Å². The fourth-order valence-electron chi connectivity index (χ4n) is 2.80. The number of aromatic nitrogens is 2. The highest BCUT2D eigenvalue weighted by molar-refractivity contribution is 9.10. The smallest absolute Gasteiger partial charge is 0.311 e. The Bertz CT molecular complexity index is 784. The van der Waals surface area contributed by atoms with E-state index in [4.69, 9.17) is 0 Å². The third-order valence-electron chi connectivity index (χ3n) is 3.68. The van der Waals surface area contributed by atoms with Crippen LogP contribution in [0.1, 0.15) is 30.8 Å². The van der Waals surface area contributed by atoms with Gasteiger partial charge in [0.25, 0.3) is 0 Å². The van der Waals surface area contributed by atoms with Gasteiger partial charge in [-0.25, -0.2) is 4.98 Å². The molecule has 1 aliphatic heterocycles. The third kappa shape index (κ3) is 2.10. The highest BCUT2D eigenvalue weighted by Crippen LogP contribution is 2.39. The van der Waals surface area contributed by atoms with Gasteiger partial charge in [0.1, 0.15) is 10.3 Å². The van der Waals surface area contributed by atoms with Crippen LogP contribution >= 0.6 is 15.9 Å². The molecule has 21 heavy (non-hydrogen) atoms. The zero-order valence-corrected chi connectivity index (χ0v) is 13.1. The summed E-state index contributed by atoms with van der Waals surface area (Å²) in [6.07, 6.45) is 0.751. The minimum absolute atomic E-state index is 0.0199. The number of imidazole rings is 1. The molecule has 1 aromatic carbocycles. The molecule has 0 fully saturated rings. The number of fused-ring (bicyclic) bond motifs is 3. The zero-order chi connectivity index (χ0) is 15.3. The van der Waals surface area contributed by atoms with Crippen molar-refractivity contribution in [2.45, 2.75) is 32.9 Å². The predicted octanol–water partition coefficient (Wildman–Crippen LogP) is 2.60. The minimum Gasteiger partial charge on any atom is -0.346 e. The summed E-state index contributed by atoms with van der Waals surface area (Å²) in [5.41, 5.74) is 1.88. The number of nitrogens with zero attached hydrogens (tertiary/aromatic N) is 3. The molecule has 0 aliphatic carbocycles. The summed E-state index contributed by atoms with van der Waals surface area (Å²) in [6.45, 7) is 3.96. The lowest BCUT2D eigenvalue weighted by atomic mass is 10.2. The fraction of sp³-hybridized carbons (Fsp3) is 0.385. The van der Waals surface area contributed by atoms with Gasteiger partial charge in [0.2, 0.25) is 5.91 Å². The number of amides is 1. The summed E-state index contributed by atoms with van der Waals surface area (Å²) in [5.74, 6) is 0.549. The van der Waals surface area contributed by atoms with Crippen LogP contribution in [0.25, 0.3) is 11.0 Å². The van der Waals surface area contributed by atoms with Crippen molar-refractivity contribution in [2.24, 2.45) is 0 Å². The van der Waals surface area contributed by atoms with Gasteiger partial charge in [-0.05, 0) is 40.9 Å². The lowest BCUT2D eigenvalue weighted by Crippen LogP contribution is -2.24. The number of rotatable bonds is 2. The predicted molar refractivity (Wildman–Crippen MR) is 80.0 cm³/mol. The van der Waals surface area contributed by atoms with Gasteiger partial charge < -0.3 is 9.88 Å². The number of carbonyl (C=O) groups excluding carboxylic acids is 1. The molecule has 1 atom stereocenters. The first-order valence-corrected chi connectivity index (χ1v) is 7.30. The molecule has 1 aliphatic rings. The first kappa shape index (κ1) is 14.0. The summed E-state index contributed by atoms with van der Waals surface area (Å²) < 4.78 is 2.40. The number of halogens is 1. The van der Waals surface area contributed by atoms with Crippen LogP contribution in [0.4, 0.5) is 5.69 Å². The third-order valence-corrected chi connectivity index (χ3v) is 4.68. The largest absolute Gasteiger partial charge is 0.346 e. The van der Waals surface area contributed by atoms with Gasteiger partial charge >= 0.3 is 5.69 Å². The number of hydrogen-bond acceptors (Lipinski definition) is 4. The summed E-state index contributed by atoms with van der Waals surface area (Å²) in [5, 5.41) is 14.2. The summed E-state index contributed by atoms with van der Waals surface area (Å²) in [7, 11) is 0. The van der Waals surface area contributed by atoms with Gasteiger partial charge in [-0.2, -0.15) is 0 Å². The quantitative estimate of drug-likeness (QED) is 0.664. The molecule has 1 aromatic heterocycles. The number of aryl methyl sites for hydroxylation is 2. The molecule has 0 spiro atoms. The molecule has 110 valence electrons. The Hall–Kier alpha value is -1.96. The fourth-order valence-corrected chi connectivity index (χ4v) is 3.25. The molecule has 0 saturated carbocycles. The second-order valence-electron chi connectivity index (χ2n) is 5.14. The summed E-state index contributed by atoms with van der Waals surface area (Å²) >= 11 is 3.27. The lowest BCUT2D eigenvalue weighted by Gasteiger charge is -2.08. The van der Waals surface area contributed by atoms with Gasteiger partial charge in [0.05, 0.1) is 16.5 Å². The molecule has 0 saturated heterocycles. The van der Waals surface area contributed by atoms with E-state index in [0.717, 1.165) is 17.5 Å². The Morgan fingerprint density at radius 3 is 2.95 bits per heavy atom. The van der Waals surface area contributed by atoms with Crippen LogP contribution in [0.5, 0.6) is 0 Å². The Morgan fingerprint density at radius 1 is 1.62 bits per heavy atom. The molecule has 1 N–H and O–H groups in total. The number of benzene rings is 1. The maximum absolute atomic E-state index is 11.3. The van der Waals surface area contributed by atoms with E-state index < -0.39 is 4.92 Å². The monoisotopic (exact) mass is 352 g/mol. The molecule has 2 aromatic rings. The molecule has 8 heteroatoms. The first-order valence-electron chi connectivity index (χ1n) is 6.51. The van der Waals surface area contributed by atoms with Gasteiger partial charge in [-0.1, -0.05) is 0 Å². The van der Waals surface area contributed by atoms with E-state index in [1.54, 1.807) is 0 Å². The average Bonchev–Trinajstić information content (AvgIpc) is 2.91. The van der Waals surface area contributed by atoms with Crippen LogP contribution in [0.3, 0.4) is 0 Å². The molecule has 2 heterocycles. The van der Waals surface area contributed by atoms with Crippen molar-refractivity contribution in [3.63, 3.8) is 0 Å². The minimum atomic E-state index is -0.421. The Labute approximate surface area is 128 Å². The first-order chi connectivity index (χ1) is 9.90. The second-order valence-corrected chi connectivity index (χ2v) is 5.94. The van der Waals surface area contributed by atoms with E-state index >= 15 is 0 Å². The highest BCUT2D eigenvalue weighted by atomic mass is 79.9. The number of nitro groups is 1. The van der Waals surface area contributed by atoms with Crippen LogP contribution in [-0.4, -0.2) is 20.4 Å². The highest BCUT2D eigenvalue weighted by Gasteiger charge is 2.31. The Balaban J connectivity index is 2.25. The van der Waals surface area contributed by atoms with Crippen molar-refractivity contribution in [2.75, 3.05) is 0 Å². The van der Waals surface area contributed by atoms with E-state index in [2.05, 4.69) is 26.2 Å². The Kier molecular flexibility index (Phi) is 3.20. The van der Waals surface area contributed by atoms with Gasteiger partial charge in [0.15, 0.2) is 5.52 Å². The molecule has 1 amide bonds. The molecule has 7 nitrogen and oxygen atoms in total. The van der Waals surface area contributed by atoms with Gasteiger partial charge in [-0.15, -0.1) is 0 Å². The van der Waals surface area contributed by atoms with Crippen molar-refractivity contribution >= 4 is 38.6 Å². The molecular formula is C13H13BrN4O3. The van der Waals surface area contributed by atoms with Crippen molar-refractivity contribution in [3.05, 3.63) is 32.0 Å². The van der Waals surface area contributed by atoms with Crippen LogP contribution in [0.15, 0.2) is 10.5 Å². The number of carbonyl (C=O) groups is 1. The summed E-state index contributed by atoms with van der Waals surface area (Å²) in [6, 6.07) is 1.70. The SMILES string of the molecule is CC(=O)N[C@H]1CCn2c1nc1c([N+](=O)[O-])c(Br)c(C)cc12. The van der Waals surface area contributed by atoms with Crippen molar-refractivity contribution in [1.82, 2.24) is 14.9 Å². The standard InChI is InChI=1S/C13H13BrN4O3/c1-6-5-9-11(12(10(6)14)18(20)21)16-13-8(15-7(2)19)3-4-17(9)13/h5,8H,3-4H2,1-2H3,(H,15,19)/t8-/m0/s1. The van der Waals surface area contributed by atoms with Crippen molar-refractivity contribution < 1.29 is 9.72 Å². The zero-order valence-electron chi connectivity index (χ0n) is 11.5. The molecule has 0 unspecified atom stereocenters. The average molecular weight is 353 g/mol. The van der Waals surface area contributed by atoms with E-state index in [1.165, 1.54) is 6.92 Å². The number of nitrogens with one attached hydrogen (secondary N) is 1. The normalized spacial score (nSPS) is 17.0. The van der Waals surface area contributed by atoms with Crippen LogP contribution in [0.2, 0.25) is 0 Å². The maximum atomic E-state index is 11.3. The van der Waals surface area contributed by atoms with E-state index in [-0.39, 0.29) is 17.6 Å². The van der Waals surface area contributed by atoms with Crippen LogP contribution in [0, 0.1) is 17.0 Å². The van der Waals surface area contributed by atoms with Crippen molar-refractivity contribution in [3.8, 4) is 0 Å². The van der Waals surface area contributed by atoms with Gasteiger partial charge in [-0.3, -0.25) is 14.9 Å². The topological polar surface area (TPSA) is 90.1 Å². The molecule has 0 radical (unpaired) electrons. The van der Waals surface area contributed by atoms with Crippen LogP contribution < -0.4 is 5.32 Å². The maximum Gasteiger partial charge on any atom is 0.311 e. The number of hydrogen-bond donors (Lipinski definition) is 1. The molecule has 0 bridgehead atoms. The van der Waals surface area contributed by atoms with E-state index in [0.29, 0.717) is 22.4 Å². The summed E-state index contributed by atoms with van der Waals surface area (Å²) in [4.78, 5) is 26.6. The Morgan fingerprint density at radius 2 is 2.33 bits per heavy atom. The molecular weight excluding hydrogens is 340 g/mol. The van der Waals surface area contributed by atoms with E-state index in [9.17, 15) is 14.9 Å². The van der Waals surface area contributed by atoms with E-state index in [1.807, 2.05) is 17.6 Å². The van der Waals surface area contributed by atoms with Gasteiger partial charge in [0, 0.05) is 13.5 Å². The van der Waals surface area contributed by atoms with Crippen LogP contribution in [-0.2, 0) is 11.3 Å². The lowest BCUT2D eigenvalue weighted by molar-refractivity contribution is -0.384. The second kappa shape index (κ2) is 4.80. The number of nitro benzene ring substituents is 1. The molecule has 3 rings (SSSR count).